The molecule has 1 aromatic carbocycles. The standard InChI is InChI=1S/C17H22ClNO3.Na/c1-11-6-12(2-3-15(11)18)10-19-14-4-5-22-17(9-14)7-13(8-17)16(20)21;/h2-3,6,13-14,19H,4-5,7-10H2,1H3,(H,20,21);/q;+1/p-1. The van der Waals surface area contributed by atoms with Gasteiger partial charge in [0.15, 0.2) is 0 Å². The number of carbonyl (C=O) groups excluding carboxylic acids is 1. The number of aryl methyl sites for hydroxylation is 1. The van der Waals surface area contributed by atoms with Crippen LogP contribution in [0.2, 0.25) is 5.02 Å². The van der Waals surface area contributed by atoms with Gasteiger partial charge in [-0.15, -0.1) is 0 Å². The van der Waals surface area contributed by atoms with Crippen molar-refractivity contribution in [3.63, 3.8) is 0 Å². The first-order valence-corrected chi connectivity index (χ1v) is 8.18. The summed E-state index contributed by atoms with van der Waals surface area (Å²) in [5.74, 6) is -1.28. The average Bonchev–Trinajstić information content (AvgIpc) is 2.46. The summed E-state index contributed by atoms with van der Waals surface area (Å²) in [6.07, 6.45) is 3.02. The van der Waals surface area contributed by atoms with Gasteiger partial charge in [-0.25, -0.2) is 0 Å². The summed E-state index contributed by atoms with van der Waals surface area (Å²) in [4.78, 5) is 10.9. The molecule has 0 bridgehead atoms. The molecule has 23 heavy (non-hydrogen) atoms. The predicted octanol–water partition coefficient (Wildman–Crippen LogP) is -1.18. The monoisotopic (exact) mass is 345 g/mol. The van der Waals surface area contributed by atoms with Crippen molar-refractivity contribution in [2.45, 2.75) is 50.8 Å². The van der Waals surface area contributed by atoms with Crippen molar-refractivity contribution in [3.05, 3.63) is 34.3 Å². The number of halogens is 1. The summed E-state index contributed by atoms with van der Waals surface area (Å²) in [5, 5.41) is 15.2. The van der Waals surface area contributed by atoms with Crippen molar-refractivity contribution in [2.75, 3.05) is 6.61 Å². The zero-order valence-electron chi connectivity index (χ0n) is 13.7. The van der Waals surface area contributed by atoms with E-state index in [4.69, 9.17) is 16.3 Å². The molecule has 3 rings (SSSR count). The van der Waals surface area contributed by atoms with Gasteiger partial charge in [0.2, 0.25) is 0 Å². The molecule has 120 valence electrons. The molecule has 2 aliphatic rings. The molecule has 1 aliphatic heterocycles. The summed E-state index contributed by atoms with van der Waals surface area (Å²) in [5.41, 5.74) is 2.06. The van der Waals surface area contributed by atoms with E-state index in [0.717, 1.165) is 30.0 Å². The fraction of sp³-hybridized carbons (Fsp3) is 0.588. The SMILES string of the molecule is Cc1cc(CNC2CCOC3(C2)CC(C(=O)[O-])C3)ccc1Cl.[Na+]. The Morgan fingerprint density at radius 2 is 2.17 bits per heavy atom. The average molecular weight is 346 g/mol. The molecule has 1 spiro atoms. The van der Waals surface area contributed by atoms with E-state index in [1.54, 1.807) is 0 Å². The fourth-order valence-electron chi connectivity index (χ4n) is 3.57. The number of nitrogens with one attached hydrogen (secondary N) is 1. The summed E-state index contributed by atoms with van der Waals surface area (Å²) >= 11 is 6.04. The third kappa shape index (κ3) is 4.50. The first-order chi connectivity index (χ1) is 10.5. The van der Waals surface area contributed by atoms with E-state index in [0.29, 0.717) is 25.5 Å². The number of aliphatic carboxylic acids is 1. The van der Waals surface area contributed by atoms with Crippen LogP contribution in [0.4, 0.5) is 0 Å². The maximum absolute atomic E-state index is 10.9. The van der Waals surface area contributed by atoms with Gasteiger partial charge in [-0.1, -0.05) is 23.7 Å². The third-order valence-electron chi connectivity index (χ3n) is 4.88. The fourth-order valence-corrected chi connectivity index (χ4v) is 3.69. The van der Waals surface area contributed by atoms with Crippen molar-refractivity contribution >= 4 is 17.6 Å². The van der Waals surface area contributed by atoms with Gasteiger partial charge in [0.25, 0.3) is 0 Å². The Kier molecular flexibility index (Phi) is 6.57. The molecule has 1 N–H and O–H groups in total. The Balaban J connectivity index is 0.00000192. The van der Waals surface area contributed by atoms with Gasteiger partial charge in [0, 0.05) is 36.1 Å². The Bertz CT molecular complexity index is 575. The van der Waals surface area contributed by atoms with Crippen molar-refractivity contribution in [1.29, 1.82) is 0 Å². The number of hydrogen-bond acceptors (Lipinski definition) is 4. The zero-order chi connectivity index (χ0) is 15.7. The first kappa shape index (κ1) is 19.2. The Morgan fingerprint density at radius 3 is 2.83 bits per heavy atom. The van der Waals surface area contributed by atoms with E-state index in [1.807, 2.05) is 19.1 Å². The quantitative estimate of drug-likeness (QED) is 0.698. The molecule has 1 atom stereocenters. The van der Waals surface area contributed by atoms with E-state index < -0.39 is 5.97 Å². The predicted molar refractivity (Wildman–Crippen MR) is 82.5 cm³/mol. The second-order valence-electron chi connectivity index (χ2n) is 6.61. The van der Waals surface area contributed by atoms with Crippen LogP contribution < -0.4 is 40.0 Å². The van der Waals surface area contributed by atoms with Crippen LogP contribution in [0.3, 0.4) is 0 Å². The second-order valence-corrected chi connectivity index (χ2v) is 7.02. The summed E-state index contributed by atoms with van der Waals surface area (Å²) in [6.45, 7) is 3.49. The molecular weight excluding hydrogens is 325 g/mol. The van der Waals surface area contributed by atoms with E-state index >= 15 is 0 Å². The molecule has 1 aromatic rings. The second kappa shape index (κ2) is 7.85. The van der Waals surface area contributed by atoms with Crippen molar-refractivity contribution in [2.24, 2.45) is 5.92 Å². The number of carbonyl (C=O) groups is 1. The minimum absolute atomic E-state index is 0. The summed E-state index contributed by atoms with van der Waals surface area (Å²) in [6, 6.07) is 6.43. The maximum Gasteiger partial charge on any atom is 1.00 e. The Morgan fingerprint density at radius 1 is 1.43 bits per heavy atom. The molecule has 4 nitrogen and oxygen atoms in total. The molecule has 1 saturated heterocycles. The molecule has 0 radical (unpaired) electrons. The largest absolute Gasteiger partial charge is 1.00 e. The molecule has 1 heterocycles. The molecule has 2 fully saturated rings. The van der Waals surface area contributed by atoms with E-state index in [-0.39, 0.29) is 41.1 Å². The van der Waals surface area contributed by atoms with Crippen molar-refractivity contribution < 1.29 is 44.2 Å². The van der Waals surface area contributed by atoms with Crippen LogP contribution in [0, 0.1) is 12.8 Å². The molecule has 0 aromatic heterocycles. The number of ether oxygens (including phenoxy) is 1. The van der Waals surface area contributed by atoms with Crippen molar-refractivity contribution in [3.8, 4) is 0 Å². The Hall–Kier alpha value is -0.1000. The molecule has 6 heteroatoms. The normalized spacial score (nSPS) is 29.7. The molecule has 0 amide bonds. The van der Waals surface area contributed by atoms with E-state index in [1.165, 1.54) is 5.56 Å². The summed E-state index contributed by atoms with van der Waals surface area (Å²) < 4.78 is 5.85. The number of rotatable bonds is 4. The number of hydrogen-bond donors (Lipinski definition) is 1. The van der Waals surface area contributed by atoms with Gasteiger partial charge in [-0.2, -0.15) is 0 Å². The zero-order valence-corrected chi connectivity index (χ0v) is 16.5. The minimum atomic E-state index is -0.944. The molecule has 1 aliphatic carbocycles. The number of carboxylic acid groups (broad SMARTS) is 1. The van der Waals surface area contributed by atoms with Crippen LogP contribution in [-0.2, 0) is 16.1 Å². The first-order valence-electron chi connectivity index (χ1n) is 7.81. The van der Waals surface area contributed by atoms with Crippen LogP contribution in [-0.4, -0.2) is 24.2 Å². The van der Waals surface area contributed by atoms with Gasteiger partial charge >= 0.3 is 29.6 Å². The van der Waals surface area contributed by atoms with Crippen LogP contribution in [0.1, 0.15) is 36.8 Å². The van der Waals surface area contributed by atoms with Gasteiger partial charge in [-0.3, -0.25) is 0 Å². The topological polar surface area (TPSA) is 61.4 Å². The van der Waals surface area contributed by atoms with Gasteiger partial charge < -0.3 is 20.0 Å². The van der Waals surface area contributed by atoms with Crippen LogP contribution in [0.25, 0.3) is 0 Å². The molecule has 1 unspecified atom stereocenters. The molecular formula is C17H21ClNNaO3. The van der Waals surface area contributed by atoms with Crippen LogP contribution in [0.15, 0.2) is 18.2 Å². The van der Waals surface area contributed by atoms with Crippen molar-refractivity contribution in [1.82, 2.24) is 5.32 Å². The minimum Gasteiger partial charge on any atom is -0.550 e. The Labute approximate surface area is 164 Å². The van der Waals surface area contributed by atoms with Gasteiger partial charge in [0.1, 0.15) is 0 Å². The summed E-state index contributed by atoms with van der Waals surface area (Å²) in [7, 11) is 0. The number of benzene rings is 1. The van der Waals surface area contributed by atoms with Crippen LogP contribution >= 0.6 is 11.6 Å². The molecule has 1 saturated carbocycles. The van der Waals surface area contributed by atoms with Gasteiger partial charge in [0.05, 0.1) is 5.60 Å². The number of carboxylic acids is 1. The van der Waals surface area contributed by atoms with E-state index in [9.17, 15) is 9.90 Å². The van der Waals surface area contributed by atoms with Crippen LogP contribution in [0.5, 0.6) is 0 Å². The maximum atomic E-state index is 10.9. The smallest absolute Gasteiger partial charge is 0.550 e. The van der Waals surface area contributed by atoms with E-state index in [2.05, 4.69) is 11.4 Å². The third-order valence-corrected chi connectivity index (χ3v) is 5.30. The van der Waals surface area contributed by atoms with Gasteiger partial charge in [-0.05, 0) is 49.8 Å².